The van der Waals surface area contributed by atoms with E-state index >= 15 is 0 Å². The van der Waals surface area contributed by atoms with Gasteiger partial charge in [-0.25, -0.2) is 4.79 Å². The van der Waals surface area contributed by atoms with Gasteiger partial charge >= 0.3 is 11.6 Å². The molecule has 0 atom stereocenters. The molecule has 6 heteroatoms. The molecule has 0 spiro atoms. The first-order valence-corrected chi connectivity index (χ1v) is 11.3. The topological polar surface area (TPSA) is 75.0 Å². The highest BCUT2D eigenvalue weighted by molar-refractivity contribution is 5.87. The highest BCUT2D eigenvalue weighted by Gasteiger charge is 2.20. The van der Waals surface area contributed by atoms with Crippen molar-refractivity contribution in [1.82, 2.24) is 0 Å². The quantitative estimate of drug-likeness (QED) is 0.157. The molecule has 0 radical (unpaired) electrons. The van der Waals surface area contributed by atoms with Crippen LogP contribution in [0, 0.1) is 0 Å². The Hall–Kier alpha value is -3.28. The van der Waals surface area contributed by atoms with Gasteiger partial charge in [0.15, 0.2) is 5.75 Å². The van der Waals surface area contributed by atoms with Gasteiger partial charge in [0.05, 0.1) is 12.0 Å². The van der Waals surface area contributed by atoms with Crippen LogP contribution in [0.4, 0.5) is 0 Å². The van der Waals surface area contributed by atoms with Gasteiger partial charge in [-0.1, -0.05) is 36.3 Å². The van der Waals surface area contributed by atoms with Gasteiger partial charge in [0.2, 0.25) is 0 Å². The average Bonchev–Trinajstić information content (AvgIpc) is 2.74. The second-order valence-electron chi connectivity index (χ2n) is 8.00. The molecule has 0 saturated carbocycles. The van der Waals surface area contributed by atoms with Crippen molar-refractivity contribution < 1.29 is 23.4 Å². The Kier molecular flexibility index (Phi) is 10.5. The number of rotatable bonds is 12. The Labute approximate surface area is 195 Å². The second-order valence-corrected chi connectivity index (χ2v) is 8.00. The fourth-order valence-corrected chi connectivity index (χ4v) is 3.09. The van der Waals surface area contributed by atoms with Gasteiger partial charge in [-0.3, -0.25) is 4.79 Å². The summed E-state index contributed by atoms with van der Waals surface area (Å²) >= 11 is 0. The summed E-state index contributed by atoms with van der Waals surface area (Å²) in [5.41, 5.74) is 2.09. The molecule has 2 rings (SSSR count). The predicted molar refractivity (Wildman–Crippen MR) is 131 cm³/mol. The van der Waals surface area contributed by atoms with Crippen LogP contribution in [0.5, 0.6) is 17.2 Å². The summed E-state index contributed by atoms with van der Waals surface area (Å²) in [6.07, 6.45) is 11.9. The van der Waals surface area contributed by atoms with E-state index in [9.17, 15) is 9.59 Å². The lowest BCUT2D eigenvalue weighted by Crippen LogP contribution is -2.13. The third-order valence-electron chi connectivity index (χ3n) is 4.74. The van der Waals surface area contributed by atoms with E-state index < -0.39 is 11.6 Å². The van der Waals surface area contributed by atoms with E-state index in [1.165, 1.54) is 18.1 Å². The van der Waals surface area contributed by atoms with Crippen molar-refractivity contribution in [1.29, 1.82) is 0 Å². The number of carbonyl (C=O) groups is 1. The van der Waals surface area contributed by atoms with E-state index in [0.29, 0.717) is 36.4 Å². The maximum absolute atomic E-state index is 12.5. The molecule has 0 unspecified atom stereocenters. The summed E-state index contributed by atoms with van der Waals surface area (Å²) < 4.78 is 22.2. The van der Waals surface area contributed by atoms with Crippen LogP contribution in [0.2, 0.25) is 0 Å². The van der Waals surface area contributed by atoms with E-state index in [2.05, 4.69) is 26.8 Å². The molecular weight excluding hydrogens is 420 g/mol. The highest BCUT2D eigenvalue weighted by Crippen LogP contribution is 2.35. The molecule has 0 aliphatic rings. The van der Waals surface area contributed by atoms with E-state index in [0.717, 1.165) is 19.3 Å². The van der Waals surface area contributed by atoms with Crippen molar-refractivity contribution in [3.05, 3.63) is 64.1 Å². The van der Waals surface area contributed by atoms with Gasteiger partial charge in [0, 0.05) is 13.0 Å². The summed E-state index contributed by atoms with van der Waals surface area (Å²) in [6, 6.07) is 5.16. The third-order valence-corrected chi connectivity index (χ3v) is 4.74. The number of hydrogen-bond donors (Lipinski definition) is 0. The average molecular weight is 455 g/mol. The smallest absolute Gasteiger partial charge is 0.383 e. The Morgan fingerprint density at radius 3 is 2.48 bits per heavy atom. The van der Waals surface area contributed by atoms with Gasteiger partial charge in [0.1, 0.15) is 17.9 Å². The van der Waals surface area contributed by atoms with Crippen LogP contribution in [0.3, 0.4) is 0 Å². The number of allylic oxidation sites excluding steroid dienone is 4. The fourth-order valence-electron chi connectivity index (χ4n) is 3.09. The maximum Gasteiger partial charge on any atom is 0.383 e. The van der Waals surface area contributed by atoms with Crippen LogP contribution < -0.4 is 19.8 Å². The molecule has 0 saturated heterocycles. The monoisotopic (exact) mass is 454 g/mol. The first-order chi connectivity index (χ1) is 15.8. The highest BCUT2D eigenvalue weighted by atomic mass is 16.6. The zero-order valence-corrected chi connectivity index (χ0v) is 20.2. The van der Waals surface area contributed by atoms with Crippen molar-refractivity contribution in [3.8, 4) is 17.2 Å². The number of hydrogen-bond acceptors (Lipinski definition) is 6. The van der Waals surface area contributed by atoms with Crippen molar-refractivity contribution in [2.24, 2.45) is 0 Å². The van der Waals surface area contributed by atoms with Crippen LogP contribution in [0.1, 0.15) is 60.3 Å². The molecule has 33 heavy (non-hydrogen) atoms. The normalized spacial score (nSPS) is 11.6. The number of ether oxygens (including phenoxy) is 3. The largest absolute Gasteiger partial charge is 0.489 e. The molecule has 6 nitrogen and oxygen atoms in total. The van der Waals surface area contributed by atoms with Gasteiger partial charge in [-0.2, -0.15) is 0 Å². The zero-order chi connectivity index (χ0) is 24.2. The molecule has 1 aromatic carbocycles. The lowest BCUT2D eigenvalue weighted by molar-refractivity contribution is -0.132. The van der Waals surface area contributed by atoms with Crippen LogP contribution in [-0.2, 0) is 4.79 Å². The SMILES string of the molecule is CC/C=C/CCOc1c(OC(C)=O)c(=O)oc2cc(OC/C=C(\C)CCC=C(C)C)ccc12. The minimum absolute atomic E-state index is 0.197. The molecule has 178 valence electrons. The Morgan fingerprint density at radius 2 is 1.79 bits per heavy atom. The standard InChI is InChI=1S/C27H34O6/c1-6-7-8-9-16-31-25-23-14-13-22(30-17-15-20(4)12-10-11-19(2)3)18-24(23)33-27(29)26(25)32-21(5)28/h7-8,11,13-15,18H,6,9-10,12,16-17H2,1-5H3/b8-7+,20-15+. The molecule has 0 bridgehead atoms. The molecule has 2 aromatic rings. The van der Waals surface area contributed by atoms with Crippen LogP contribution in [0.15, 0.2) is 62.9 Å². The van der Waals surface area contributed by atoms with E-state index in [1.807, 2.05) is 25.2 Å². The first-order valence-electron chi connectivity index (χ1n) is 11.3. The van der Waals surface area contributed by atoms with E-state index in [1.54, 1.807) is 18.2 Å². The minimum Gasteiger partial charge on any atom is -0.489 e. The second kappa shape index (κ2) is 13.3. The molecule has 0 N–H and O–H groups in total. The summed E-state index contributed by atoms with van der Waals surface area (Å²) in [5.74, 6) is -0.0962. The van der Waals surface area contributed by atoms with Crippen molar-refractivity contribution in [2.45, 2.75) is 60.3 Å². The number of esters is 1. The minimum atomic E-state index is -0.774. The molecule has 0 aliphatic heterocycles. The predicted octanol–water partition coefficient (Wildman–Crippen LogP) is 6.52. The van der Waals surface area contributed by atoms with Crippen LogP contribution in [-0.4, -0.2) is 19.2 Å². The summed E-state index contributed by atoms with van der Waals surface area (Å²) in [7, 11) is 0. The molecular formula is C27H34O6. The summed E-state index contributed by atoms with van der Waals surface area (Å²) in [6.45, 7) is 10.3. The lowest BCUT2D eigenvalue weighted by Gasteiger charge is -2.12. The van der Waals surface area contributed by atoms with E-state index in [4.69, 9.17) is 18.6 Å². The summed E-state index contributed by atoms with van der Waals surface area (Å²) in [4.78, 5) is 24.0. The van der Waals surface area contributed by atoms with Gasteiger partial charge in [-0.15, -0.1) is 0 Å². The lowest BCUT2D eigenvalue weighted by atomic mass is 10.1. The first kappa shape index (κ1) is 26.0. The number of carbonyl (C=O) groups excluding carboxylic acids is 1. The van der Waals surface area contributed by atoms with Crippen molar-refractivity contribution in [2.75, 3.05) is 13.2 Å². The molecule has 0 aliphatic carbocycles. The van der Waals surface area contributed by atoms with E-state index in [-0.39, 0.29) is 11.5 Å². The van der Waals surface area contributed by atoms with Crippen LogP contribution in [0.25, 0.3) is 11.0 Å². The molecule has 1 aromatic heterocycles. The Balaban J connectivity index is 2.21. The van der Waals surface area contributed by atoms with Crippen LogP contribution >= 0.6 is 0 Å². The Morgan fingerprint density at radius 1 is 1.00 bits per heavy atom. The number of benzene rings is 1. The van der Waals surface area contributed by atoms with Gasteiger partial charge < -0.3 is 18.6 Å². The van der Waals surface area contributed by atoms with Gasteiger partial charge in [0.25, 0.3) is 5.75 Å². The fraction of sp³-hybridized carbons (Fsp3) is 0.407. The number of fused-ring (bicyclic) bond motifs is 1. The van der Waals surface area contributed by atoms with Gasteiger partial charge in [-0.05, 0) is 64.7 Å². The molecule has 1 heterocycles. The maximum atomic E-state index is 12.5. The van der Waals surface area contributed by atoms with Crippen molar-refractivity contribution >= 4 is 16.9 Å². The third kappa shape index (κ3) is 8.64. The molecule has 0 amide bonds. The zero-order valence-electron chi connectivity index (χ0n) is 20.2. The Bertz CT molecular complexity index is 1080. The summed E-state index contributed by atoms with van der Waals surface area (Å²) in [5, 5.41) is 0.533. The molecule has 0 fully saturated rings. The van der Waals surface area contributed by atoms with Crippen molar-refractivity contribution in [3.63, 3.8) is 0 Å².